The third-order valence-corrected chi connectivity index (χ3v) is 3.39. The van der Waals surface area contributed by atoms with Crippen LogP contribution in [0.3, 0.4) is 0 Å². The lowest BCUT2D eigenvalue weighted by Crippen LogP contribution is -2.30. The summed E-state index contributed by atoms with van der Waals surface area (Å²) < 4.78 is 11.7. The van der Waals surface area contributed by atoms with Crippen LogP contribution in [0.15, 0.2) is 16.6 Å². The molecule has 0 amide bonds. The van der Waals surface area contributed by atoms with Crippen molar-refractivity contribution >= 4 is 21.6 Å². The molecule has 3 nitrogen and oxygen atoms in total. The highest BCUT2D eigenvalue weighted by molar-refractivity contribution is 9.10. The number of anilines is 1. The number of methoxy groups -OCH3 is 2. The van der Waals surface area contributed by atoms with E-state index in [-0.39, 0.29) is 12.1 Å². The second-order valence-electron chi connectivity index (χ2n) is 4.17. The zero-order valence-electron chi connectivity index (χ0n) is 11.0. The monoisotopic (exact) mass is 301 g/mol. The van der Waals surface area contributed by atoms with Crippen LogP contribution in [0.2, 0.25) is 0 Å². The molecule has 0 fully saturated rings. The normalized spacial score (nSPS) is 14.2. The highest BCUT2D eigenvalue weighted by atomic mass is 79.9. The first-order valence-corrected chi connectivity index (χ1v) is 6.42. The second-order valence-corrected chi connectivity index (χ2v) is 5.09. The highest BCUT2D eigenvalue weighted by Crippen LogP contribution is 2.32. The molecule has 1 aromatic carbocycles. The smallest absolute Gasteiger partial charge is 0.143 e. The van der Waals surface area contributed by atoms with Crippen LogP contribution in [0.5, 0.6) is 5.75 Å². The van der Waals surface area contributed by atoms with E-state index in [0.717, 1.165) is 21.5 Å². The van der Waals surface area contributed by atoms with Gasteiger partial charge in [-0.3, -0.25) is 0 Å². The average molecular weight is 302 g/mol. The van der Waals surface area contributed by atoms with Crippen LogP contribution in [0, 0.1) is 6.92 Å². The standard InChI is InChI=1S/C13H20BrNO2/c1-8-6-11(14)7-12(17-5)13(8)15-9(2)10(3)16-4/h6-7,9-10,15H,1-5H3. The molecule has 0 aliphatic rings. The summed E-state index contributed by atoms with van der Waals surface area (Å²) in [5, 5.41) is 3.44. The number of rotatable bonds is 5. The Bertz CT molecular complexity index is 382. The van der Waals surface area contributed by atoms with Gasteiger partial charge in [-0.1, -0.05) is 15.9 Å². The van der Waals surface area contributed by atoms with Gasteiger partial charge in [0, 0.05) is 17.6 Å². The minimum atomic E-state index is 0.141. The molecule has 0 aliphatic heterocycles. The molecule has 1 aromatic rings. The molecule has 4 heteroatoms. The maximum absolute atomic E-state index is 5.39. The average Bonchev–Trinajstić information content (AvgIpc) is 2.30. The third-order valence-electron chi connectivity index (χ3n) is 2.93. The summed E-state index contributed by atoms with van der Waals surface area (Å²) >= 11 is 3.46. The van der Waals surface area contributed by atoms with Crippen molar-refractivity contribution in [3.8, 4) is 5.75 Å². The minimum absolute atomic E-state index is 0.141. The molecule has 0 aliphatic carbocycles. The molecule has 1 rings (SSSR count). The van der Waals surface area contributed by atoms with Gasteiger partial charge in [0.2, 0.25) is 0 Å². The maximum atomic E-state index is 5.39. The molecule has 0 saturated carbocycles. The second kappa shape index (κ2) is 6.26. The van der Waals surface area contributed by atoms with Crippen molar-refractivity contribution in [2.24, 2.45) is 0 Å². The SMILES string of the molecule is COc1cc(Br)cc(C)c1NC(C)C(C)OC. The van der Waals surface area contributed by atoms with E-state index in [1.807, 2.05) is 13.0 Å². The summed E-state index contributed by atoms with van der Waals surface area (Å²) in [7, 11) is 3.39. The Morgan fingerprint density at radius 1 is 1.24 bits per heavy atom. The molecule has 2 unspecified atom stereocenters. The molecule has 0 saturated heterocycles. The predicted molar refractivity (Wildman–Crippen MR) is 75.0 cm³/mol. The Morgan fingerprint density at radius 3 is 2.41 bits per heavy atom. The van der Waals surface area contributed by atoms with E-state index < -0.39 is 0 Å². The Morgan fingerprint density at radius 2 is 1.88 bits per heavy atom. The summed E-state index contributed by atoms with van der Waals surface area (Å²) in [6.45, 7) is 6.19. The van der Waals surface area contributed by atoms with Crippen molar-refractivity contribution in [2.75, 3.05) is 19.5 Å². The number of nitrogens with one attached hydrogen (secondary N) is 1. The van der Waals surface area contributed by atoms with Crippen LogP contribution in [0.1, 0.15) is 19.4 Å². The van der Waals surface area contributed by atoms with Crippen molar-refractivity contribution in [1.29, 1.82) is 0 Å². The van der Waals surface area contributed by atoms with Crippen LogP contribution in [0.25, 0.3) is 0 Å². The van der Waals surface area contributed by atoms with Crippen molar-refractivity contribution in [3.05, 3.63) is 22.2 Å². The van der Waals surface area contributed by atoms with E-state index in [2.05, 4.69) is 41.2 Å². The lowest BCUT2D eigenvalue weighted by Gasteiger charge is -2.23. The van der Waals surface area contributed by atoms with Crippen LogP contribution in [-0.2, 0) is 4.74 Å². The summed E-state index contributed by atoms with van der Waals surface area (Å²) in [6, 6.07) is 4.24. The largest absolute Gasteiger partial charge is 0.495 e. The van der Waals surface area contributed by atoms with E-state index >= 15 is 0 Å². The lowest BCUT2D eigenvalue weighted by atomic mass is 10.1. The number of hydrogen-bond acceptors (Lipinski definition) is 3. The fourth-order valence-corrected chi connectivity index (χ4v) is 2.16. The van der Waals surface area contributed by atoms with Gasteiger partial charge in [0.15, 0.2) is 0 Å². The molecule has 0 aromatic heterocycles. The van der Waals surface area contributed by atoms with Crippen molar-refractivity contribution in [3.63, 3.8) is 0 Å². The van der Waals surface area contributed by atoms with Gasteiger partial charge in [0.25, 0.3) is 0 Å². The van der Waals surface area contributed by atoms with E-state index in [4.69, 9.17) is 9.47 Å². The van der Waals surface area contributed by atoms with E-state index in [0.29, 0.717) is 0 Å². The topological polar surface area (TPSA) is 30.5 Å². The Hall–Kier alpha value is -0.740. The molecule has 0 bridgehead atoms. The van der Waals surface area contributed by atoms with Crippen molar-refractivity contribution in [2.45, 2.75) is 32.9 Å². The van der Waals surface area contributed by atoms with E-state index in [1.165, 1.54) is 0 Å². The molecule has 0 heterocycles. The quantitative estimate of drug-likeness (QED) is 0.901. The molecule has 1 N–H and O–H groups in total. The number of ether oxygens (including phenoxy) is 2. The predicted octanol–water partition coefficient (Wildman–Crippen LogP) is 3.60. The molecule has 17 heavy (non-hydrogen) atoms. The number of hydrogen-bond donors (Lipinski definition) is 1. The van der Waals surface area contributed by atoms with Crippen LogP contribution >= 0.6 is 15.9 Å². The van der Waals surface area contributed by atoms with Gasteiger partial charge < -0.3 is 14.8 Å². The summed E-state index contributed by atoms with van der Waals surface area (Å²) in [4.78, 5) is 0. The van der Waals surface area contributed by atoms with Gasteiger partial charge in [-0.2, -0.15) is 0 Å². The van der Waals surface area contributed by atoms with Crippen LogP contribution in [-0.4, -0.2) is 26.4 Å². The fraction of sp³-hybridized carbons (Fsp3) is 0.538. The molecule has 96 valence electrons. The summed E-state index contributed by atoms with van der Waals surface area (Å²) in [5.74, 6) is 0.840. The number of benzene rings is 1. The third kappa shape index (κ3) is 3.61. The van der Waals surface area contributed by atoms with Gasteiger partial charge in [0.1, 0.15) is 5.75 Å². The molecular formula is C13H20BrNO2. The van der Waals surface area contributed by atoms with E-state index in [1.54, 1.807) is 14.2 Å². The molecule has 2 atom stereocenters. The van der Waals surface area contributed by atoms with Gasteiger partial charge in [-0.25, -0.2) is 0 Å². The lowest BCUT2D eigenvalue weighted by molar-refractivity contribution is 0.106. The van der Waals surface area contributed by atoms with Crippen LogP contribution < -0.4 is 10.1 Å². The first kappa shape index (κ1) is 14.3. The summed E-state index contributed by atoms with van der Waals surface area (Å²) in [6.07, 6.45) is 0.141. The van der Waals surface area contributed by atoms with Crippen LogP contribution in [0.4, 0.5) is 5.69 Å². The molecular weight excluding hydrogens is 282 g/mol. The number of halogens is 1. The van der Waals surface area contributed by atoms with Crippen molar-refractivity contribution in [1.82, 2.24) is 0 Å². The Kier molecular flexibility index (Phi) is 5.28. The van der Waals surface area contributed by atoms with Crippen molar-refractivity contribution < 1.29 is 9.47 Å². The zero-order chi connectivity index (χ0) is 13.0. The molecule has 0 spiro atoms. The zero-order valence-corrected chi connectivity index (χ0v) is 12.6. The minimum Gasteiger partial charge on any atom is -0.495 e. The first-order valence-electron chi connectivity index (χ1n) is 5.63. The molecule has 0 radical (unpaired) electrons. The van der Waals surface area contributed by atoms with Gasteiger partial charge in [-0.15, -0.1) is 0 Å². The fourth-order valence-electron chi connectivity index (χ4n) is 1.61. The van der Waals surface area contributed by atoms with Gasteiger partial charge in [-0.05, 0) is 38.5 Å². The first-order chi connectivity index (χ1) is 7.99. The van der Waals surface area contributed by atoms with Gasteiger partial charge in [0.05, 0.1) is 18.9 Å². The number of aryl methyl sites for hydroxylation is 1. The van der Waals surface area contributed by atoms with Gasteiger partial charge >= 0.3 is 0 Å². The van der Waals surface area contributed by atoms with E-state index in [9.17, 15) is 0 Å². The Labute approximate surface area is 112 Å². The summed E-state index contributed by atoms with van der Waals surface area (Å²) in [5.41, 5.74) is 2.17. The Balaban J connectivity index is 2.97. The highest BCUT2D eigenvalue weighted by Gasteiger charge is 2.15. The maximum Gasteiger partial charge on any atom is 0.143 e.